The Morgan fingerprint density at radius 3 is 2.81 bits per heavy atom. The highest BCUT2D eigenvalue weighted by Gasteiger charge is 2.23. The first-order valence-corrected chi connectivity index (χ1v) is 10.2. The largest absolute Gasteiger partial charge is 0.376 e. The Morgan fingerprint density at radius 2 is 2.19 bits per heavy atom. The zero-order chi connectivity index (χ0) is 17.5. The number of aliphatic imine (C=N–C) groups is 1. The summed E-state index contributed by atoms with van der Waals surface area (Å²) in [5.74, 6) is 0.972. The number of rotatable bonds is 5. The predicted molar refractivity (Wildman–Crippen MR) is 117 cm³/mol. The van der Waals surface area contributed by atoms with Gasteiger partial charge in [0.05, 0.1) is 30.4 Å². The maximum absolute atomic E-state index is 6.10. The molecular weight excluding hydrogens is 463 g/mol. The molecule has 1 unspecified atom stereocenters. The summed E-state index contributed by atoms with van der Waals surface area (Å²) in [6.45, 7) is 6.44. The van der Waals surface area contributed by atoms with E-state index < -0.39 is 0 Å². The third-order valence-corrected chi connectivity index (χ3v) is 5.75. The number of piperidine rings is 1. The van der Waals surface area contributed by atoms with Crippen molar-refractivity contribution in [3.05, 3.63) is 16.1 Å². The molecule has 0 bridgehead atoms. The van der Waals surface area contributed by atoms with Gasteiger partial charge in [0.2, 0.25) is 0 Å². The average Bonchev–Trinajstić information content (AvgIpc) is 3.07. The van der Waals surface area contributed by atoms with Gasteiger partial charge in [-0.15, -0.1) is 35.3 Å². The Balaban J connectivity index is 0.00000243. The van der Waals surface area contributed by atoms with Crippen molar-refractivity contribution in [2.45, 2.75) is 57.8 Å². The maximum Gasteiger partial charge on any atom is 0.193 e. The van der Waals surface area contributed by atoms with E-state index in [1.54, 1.807) is 11.3 Å². The molecule has 1 N–H and O–H groups in total. The number of guanidine groups is 1. The molecule has 2 saturated heterocycles. The van der Waals surface area contributed by atoms with Crippen molar-refractivity contribution in [3.8, 4) is 0 Å². The normalized spacial score (nSPS) is 22.2. The van der Waals surface area contributed by atoms with E-state index in [0.717, 1.165) is 63.1 Å². The highest BCUT2D eigenvalue weighted by atomic mass is 127. The van der Waals surface area contributed by atoms with Crippen LogP contribution < -0.4 is 5.32 Å². The van der Waals surface area contributed by atoms with Crippen LogP contribution in [0.4, 0.5) is 0 Å². The number of aromatic nitrogens is 1. The Labute approximate surface area is 177 Å². The molecule has 8 heteroatoms. The van der Waals surface area contributed by atoms with Gasteiger partial charge in [-0.1, -0.05) is 0 Å². The van der Waals surface area contributed by atoms with Crippen molar-refractivity contribution < 1.29 is 9.47 Å². The summed E-state index contributed by atoms with van der Waals surface area (Å²) >= 11 is 1.73. The maximum atomic E-state index is 6.10. The first-order chi connectivity index (χ1) is 12.2. The minimum Gasteiger partial charge on any atom is -0.376 e. The van der Waals surface area contributed by atoms with Crippen molar-refractivity contribution >= 4 is 41.3 Å². The summed E-state index contributed by atoms with van der Waals surface area (Å²) in [6, 6.07) is 0. The number of likely N-dealkylation sites (tertiary alicyclic amines) is 1. The van der Waals surface area contributed by atoms with Crippen LogP contribution in [0.3, 0.4) is 0 Å². The number of nitrogens with zero attached hydrogens (tertiary/aromatic N) is 3. The Hall–Kier alpha value is -0.450. The molecule has 2 fully saturated rings. The Kier molecular flexibility index (Phi) is 9.58. The minimum atomic E-state index is 0. The summed E-state index contributed by atoms with van der Waals surface area (Å²) in [4.78, 5) is 12.3. The van der Waals surface area contributed by atoms with Crippen LogP contribution in [0.15, 0.2) is 11.2 Å². The summed E-state index contributed by atoms with van der Waals surface area (Å²) in [6.07, 6.45) is 8.31. The van der Waals surface area contributed by atoms with Crippen LogP contribution in [0, 0.1) is 6.92 Å². The molecule has 6 nitrogen and oxygen atoms in total. The standard InChI is InChI=1S/C18H30N4O2S.HI/c1-14-20-11-17(25-14)12-21-18(19-2)22-8-6-15(7-9-22)24-13-16-5-3-4-10-23-16;/h11,15-16H,3-10,12-13H2,1-2H3,(H,19,21);1H. The van der Waals surface area contributed by atoms with Crippen LogP contribution in [-0.2, 0) is 16.0 Å². The van der Waals surface area contributed by atoms with E-state index in [-0.39, 0.29) is 24.0 Å². The monoisotopic (exact) mass is 494 g/mol. The molecule has 0 aromatic carbocycles. The molecule has 0 radical (unpaired) electrons. The Bertz CT molecular complexity index is 555. The van der Waals surface area contributed by atoms with Crippen molar-refractivity contribution in [1.29, 1.82) is 0 Å². The molecule has 148 valence electrons. The van der Waals surface area contributed by atoms with E-state index in [4.69, 9.17) is 9.47 Å². The second-order valence-corrected chi connectivity index (χ2v) is 8.07. The molecular formula is C18H31IN4O2S. The smallest absolute Gasteiger partial charge is 0.193 e. The van der Waals surface area contributed by atoms with Gasteiger partial charge >= 0.3 is 0 Å². The fraction of sp³-hybridized carbons (Fsp3) is 0.778. The van der Waals surface area contributed by atoms with Gasteiger partial charge in [-0.05, 0) is 39.0 Å². The summed E-state index contributed by atoms with van der Waals surface area (Å²) in [5, 5.41) is 4.56. The lowest BCUT2D eigenvalue weighted by molar-refractivity contribution is -0.0721. The molecule has 1 aromatic heterocycles. The summed E-state index contributed by atoms with van der Waals surface area (Å²) in [5.41, 5.74) is 0. The fourth-order valence-corrected chi connectivity index (χ4v) is 4.14. The van der Waals surface area contributed by atoms with E-state index in [2.05, 4.69) is 20.2 Å². The number of aryl methyl sites for hydroxylation is 1. The molecule has 1 aromatic rings. The molecule has 1 atom stereocenters. The van der Waals surface area contributed by atoms with Crippen molar-refractivity contribution in [1.82, 2.24) is 15.2 Å². The predicted octanol–water partition coefficient (Wildman–Crippen LogP) is 3.20. The number of hydrogen-bond donors (Lipinski definition) is 1. The van der Waals surface area contributed by atoms with Gasteiger partial charge in [-0.3, -0.25) is 4.99 Å². The van der Waals surface area contributed by atoms with Crippen molar-refractivity contribution in [3.63, 3.8) is 0 Å². The van der Waals surface area contributed by atoms with Crippen LogP contribution in [0.2, 0.25) is 0 Å². The Morgan fingerprint density at radius 1 is 1.38 bits per heavy atom. The van der Waals surface area contributed by atoms with Crippen LogP contribution in [0.25, 0.3) is 0 Å². The molecule has 3 rings (SSSR count). The molecule has 26 heavy (non-hydrogen) atoms. The third-order valence-electron chi connectivity index (χ3n) is 4.84. The van der Waals surface area contributed by atoms with Crippen LogP contribution >= 0.6 is 35.3 Å². The molecule has 0 amide bonds. The minimum absolute atomic E-state index is 0. The van der Waals surface area contributed by atoms with Crippen LogP contribution in [0.5, 0.6) is 0 Å². The zero-order valence-corrected chi connectivity index (χ0v) is 18.9. The van der Waals surface area contributed by atoms with Crippen molar-refractivity contribution in [2.75, 3.05) is 33.4 Å². The summed E-state index contributed by atoms with van der Waals surface area (Å²) in [7, 11) is 1.85. The SMILES string of the molecule is CN=C(NCc1cnc(C)s1)N1CCC(OCC2CCCCO2)CC1.I. The van der Waals surface area contributed by atoms with E-state index in [9.17, 15) is 0 Å². The number of hydrogen-bond acceptors (Lipinski definition) is 5. The van der Waals surface area contributed by atoms with Gasteiger partial charge in [0.1, 0.15) is 0 Å². The zero-order valence-electron chi connectivity index (χ0n) is 15.8. The number of thiazole rings is 1. The van der Waals surface area contributed by atoms with Crippen LogP contribution in [0.1, 0.15) is 42.0 Å². The molecule has 2 aliphatic rings. The lowest BCUT2D eigenvalue weighted by atomic mass is 10.1. The van der Waals surface area contributed by atoms with Gasteiger partial charge in [-0.2, -0.15) is 0 Å². The number of ether oxygens (including phenoxy) is 2. The van der Waals surface area contributed by atoms with E-state index in [1.165, 1.54) is 17.7 Å². The third kappa shape index (κ3) is 6.61. The van der Waals surface area contributed by atoms with E-state index in [1.807, 2.05) is 20.2 Å². The van der Waals surface area contributed by atoms with Gasteiger partial charge in [0.15, 0.2) is 5.96 Å². The topological polar surface area (TPSA) is 59.0 Å². The average molecular weight is 494 g/mol. The van der Waals surface area contributed by atoms with Gasteiger partial charge in [-0.25, -0.2) is 4.98 Å². The van der Waals surface area contributed by atoms with E-state index in [0.29, 0.717) is 12.2 Å². The second-order valence-electron chi connectivity index (χ2n) is 6.75. The molecule has 0 aliphatic carbocycles. The molecule has 0 saturated carbocycles. The van der Waals surface area contributed by atoms with E-state index >= 15 is 0 Å². The highest BCUT2D eigenvalue weighted by Crippen LogP contribution is 2.18. The lowest BCUT2D eigenvalue weighted by Gasteiger charge is -2.35. The van der Waals surface area contributed by atoms with Crippen LogP contribution in [-0.4, -0.2) is 61.4 Å². The fourth-order valence-electron chi connectivity index (χ4n) is 3.40. The highest BCUT2D eigenvalue weighted by molar-refractivity contribution is 14.0. The lowest BCUT2D eigenvalue weighted by Crippen LogP contribution is -2.47. The molecule has 2 aliphatic heterocycles. The van der Waals surface area contributed by atoms with Gasteiger partial charge in [0.25, 0.3) is 0 Å². The second kappa shape index (κ2) is 11.4. The van der Waals surface area contributed by atoms with Gasteiger partial charge < -0.3 is 19.7 Å². The first kappa shape index (κ1) is 21.8. The van der Waals surface area contributed by atoms with Gasteiger partial charge in [0, 0.05) is 37.8 Å². The first-order valence-electron chi connectivity index (χ1n) is 9.34. The molecule has 3 heterocycles. The molecule has 0 spiro atoms. The van der Waals surface area contributed by atoms with Crippen molar-refractivity contribution in [2.24, 2.45) is 4.99 Å². The quantitative estimate of drug-likeness (QED) is 0.387. The number of nitrogens with one attached hydrogen (secondary N) is 1. The summed E-state index contributed by atoms with van der Waals surface area (Å²) < 4.78 is 11.9. The number of halogens is 1.